The van der Waals surface area contributed by atoms with Gasteiger partial charge in [-0.05, 0) is 24.1 Å². The minimum atomic E-state index is -1.00. The quantitative estimate of drug-likeness (QED) is 0.842. The van der Waals surface area contributed by atoms with Crippen molar-refractivity contribution in [1.82, 2.24) is 0 Å². The minimum Gasteiger partial charge on any atom is -0.480 e. The van der Waals surface area contributed by atoms with E-state index < -0.39 is 12.0 Å². The highest BCUT2D eigenvalue weighted by atomic mass is 16.4. The van der Waals surface area contributed by atoms with E-state index in [1.165, 1.54) is 0 Å². The van der Waals surface area contributed by atoms with Gasteiger partial charge in [-0.25, -0.2) is 0 Å². The second kappa shape index (κ2) is 4.84. The molecule has 1 aromatic carbocycles. The van der Waals surface area contributed by atoms with Crippen LogP contribution in [0.3, 0.4) is 0 Å². The number of benzene rings is 1. The molecule has 0 spiro atoms. The SMILES string of the molecule is NC(Cc1ccccc1-c1ccco1)C(=O)O. The summed E-state index contributed by atoms with van der Waals surface area (Å²) >= 11 is 0. The van der Waals surface area contributed by atoms with Gasteiger partial charge in [-0.1, -0.05) is 24.3 Å². The van der Waals surface area contributed by atoms with E-state index in [0.29, 0.717) is 0 Å². The lowest BCUT2D eigenvalue weighted by Gasteiger charge is -2.10. The van der Waals surface area contributed by atoms with Crippen LogP contribution < -0.4 is 5.73 Å². The molecule has 2 aromatic rings. The van der Waals surface area contributed by atoms with Crippen molar-refractivity contribution in [1.29, 1.82) is 0 Å². The first kappa shape index (κ1) is 11.4. The summed E-state index contributed by atoms with van der Waals surface area (Å²) in [4.78, 5) is 10.8. The molecule has 4 nitrogen and oxygen atoms in total. The number of carboxylic acid groups (broad SMARTS) is 1. The Morgan fingerprint density at radius 2 is 2.06 bits per heavy atom. The first-order valence-corrected chi connectivity index (χ1v) is 5.28. The van der Waals surface area contributed by atoms with Crippen LogP contribution in [0.5, 0.6) is 0 Å². The molecule has 1 aromatic heterocycles. The molecular weight excluding hydrogens is 218 g/mol. The third-order valence-electron chi connectivity index (χ3n) is 2.56. The predicted molar refractivity (Wildman–Crippen MR) is 63.5 cm³/mol. The van der Waals surface area contributed by atoms with Crippen LogP contribution in [0.25, 0.3) is 11.3 Å². The van der Waals surface area contributed by atoms with Gasteiger partial charge >= 0.3 is 5.97 Å². The van der Waals surface area contributed by atoms with Crippen LogP contribution in [0.15, 0.2) is 47.1 Å². The highest BCUT2D eigenvalue weighted by Crippen LogP contribution is 2.24. The monoisotopic (exact) mass is 231 g/mol. The molecule has 88 valence electrons. The average Bonchev–Trinajstić information content (AvgIpc) is 2.83. The van der Waals surface area contributed by atoms with Crippen molar-refractivity contribution in [3.63, 3.8) is 0 Å². The molecule has 0 aliphatic rings. The average molecular weight is 231 g/mol. The summed E-state index contributed by atoms with van der Waals surface area (Å²) in [5.41, 5.74) is 7.30. The molecule has 0 aliphatic carbocycles. The van der Waals surface area contributed by atoms with E-state index >= 15 is 0 Å². The predicted octanol–water partition coefficient (Wildman–Crippen LogP) is 1.90. The van der Waals surface area contributed by atoms with Crippen molar-refractivity contribution in [2.75, 3.05) is 0 Å². The third-order valence-corrected chi connectivity index (χ3v) is 2.56. The fourth-order valence-electron chi connectivity index (χ4n) is 1.69. The molecule has 1 atom stereocenters. The lowest BCUT2D eigenvalue weighted by molar-refractivity contribution is -0.138. The smallest absolute Gasteiger partial charge is 0.320 e. The van der Waals surface area contributed by atoms with Crippen LogP contribution in [0, 0.1) is 0 Å². The van der Waals surface area contributed by atoms with Gasteiger partial charge in [0.1, 0.15) is 11.8 Å². The summed E-state index contributed by atoms with van der Waals surface area (Å²) in [6, 6.07) is 10.2. The molecule has 0 saturated carbocycles. The van der Waals surface area contributed by atoms with E-state index in [-0.39, 0.29) is 6.42 Å². The molecular formula is C13H13NO3. The maximum atomic E-state index is 10.8. The van der Waals surface area contributed by atoms with Gasteiger partial charge in [0.15, 0.2) is 0 Å². The van der Waals surface area contributed by atoms with Gasteiger partial charge in [-0.15, -0.1) is 0 Å². The summed E-state index contributed by atoms with van der Waals surface area (Å²) in [6.45, 7) is 0. The number of carbonyl (C=O) groups is 1. The van der Waals surface area contributed by atoms with Crippen LogP contribution in [-0.2, 0) is 11.2 Å². The molecule has 0 bridgehead atoms. The number of hydrogen-bond donors (Lipinski definition) is 2. The summed E-state index contributed by atoms with van der Waals surface area (Å²) < 4.78 is 5.31. The molecule has 0 saturated heterocycles. The van der Waals surface area contributed by atoms with Crippen LogP contribution in [-0.4, -0.2) is 17.1 Å². The zero-order chi connectivity index (χ0) is 12.3. The fourth-order valence-corrected chi connectivity index (χ4v) is 1.69. The normalized spacial score (nSPS) is 12.3. The zero-order valence-corrected chi connectivity index (χ0v) is 9.17. The van der Waals surface area contributed by atoms with Crippen molar-refractivity contribution in [3.8, 4) is 11.3 Å². The molecule has 2 rings (SSSR count). The zero-order valence-electron chi connectivity index (χ0n) is 9.17. The molecule has 0 aliphatic heterocycles. The molecule has 3 N–H and O–H groups in total. The number of nitrogens with two attached hydrogens (primary N) is 1. The highest BCUT2D eigenvalue weighted by molar-refractivity contribution is 5.74. The number of rotatable bonds is 4. The Morgan fingerprint density at radius 3 is 2.71 bits per heavy atom. The highest BCUT2D eigenvalue weighted by Gasteiger charge is 2.15. The second-order valence-electron chi connectivity index (χ2n) is 3.78. The minimum absolute atomic E-state index is 0.284. The second-order valence-corrected chi connectivity index (χ2v) is 3.78. The lowest BCUT2D eigenvalue weighted by Crippen LogP contribution is -2.32. The van der Waals surface area contributed by atoms with Gasteiger partial charge in [0.2, 0.25) is 0 Å². The Bertz CT molecular complexity index is 505. The van der Waals surface area contributed by atoms with Crippen molar-refractivity contribution in [2.24, 2.45) is 5.73 Å². The molecule has 1 heterocycles. The Kier molecular flexibility index (Phi) is 3.25. The largest absolute Gasteiger partial charge is 0.480 e. The molecule has 4 heteroatoms. The van der Waals surface area contributed by atoms with Crippen LogP contribution in [0.4, 0.5) is 0 Å². The van der Waals surface area contributed by atoms with Crippen molar-refractivity contribution in [2.45, 2.75) is 12.5 Å². The Labute approximate surface area is 98.7 Å². The maximum Gasteiger partial charge on any atom is 0.320 e. The molecule has 0 amide bonds. The number of hydrogen-bond acceptors (Lipinski definition) is 3. The number of furan rings is 1. The van der Waals surface area contributed by atoms with E-state index in [9.17, 15) is 4.79 Å². The van der Waals surface area contributed by atoms with Gasteiger partial charge in [0.25, 0.3) is 0 Å². The fraction of sp³-hybridized carbons (Fsp3) is 0.154. The van der Waals surface area contributed by atoms with Gasteiger partial charge in [0.05, 0.1) is 6.26 Å². The van der Waals surface area contributed by atoms with Crippen molar-refractivity contribution < 1.29 is 14.3 Å². The van der Waals surface area contributed by atoms with Gasteiger partial charge in [-0.3, -0.25) is 4.79 Å². The number of aliphatic carboxylic acids is 1. The van der Waals surface area contributed by atoms with E-state index in [0.717, 1.165) is 16.9 Å². The Hall–Kier alpha value is -2.07. The van der Waals surface area contributed by atoms with Crippen molar-refractivity contribution in [3.05, 3.63) is 48.2 Å². The molecule has 0 radical (unpaired) electrons. The van der Waals surface area contributed by atoms with Crippen molar-refractivity contribution >= 4 is 5.97 Å². The summed E-state index contributed by atoms with van der Waals surface area (Å²) in [5.74, 6) is -0.280. The Morgan fingerprint density at radius 1 is 1.29 bits per heavy atom. The van der Waals surface area contributed by atoms with E-state index in [2.05, 4.69) is 0 Å². The van der Waals surface area contributed by atoms with Crippen LogP contribution in [0.2, 0.25) is 0 Å². The van der Waals surface area contributed by atoms with Gasteiger partial charge in [0, 0.05) is 5.56 Å². The topological polar surface area (TPSA) is 76.5 Å². The summed E-state index contributed by atoms with van der Waals surface area (Å²) in [7, 11) is 0. The first-order chi connectivity index (χ1) is 8.18. The summed E-state index contributed by atoms with van der Waals surface area (Å²) in [5, 5.41) is 8.82. The summed E-state index contributed by atoms with van der Waals surface area (Å²) in [6.07, 6.45) is 1.87. The van der Waals surface area contributed by atoms with E-state index in [4.69, 9.17) is 15.3 Å². The van der Waals surface area contributed by atoms with Gasteiger partial charge < -0.3 is 15.3 Å². The third kappa shape index (κ3) is 2.54. The first-order valence-electron chi connectivity index (χ1n) is 5.28. The maximum absolute atomic E-state index is 10.8. The molecule has 1 unspecified atom stereocenters. The van der Waals surface area contributed by atoms with E-state index in [1.807, 2.05) is 30.3 Å². The van der Waals surface area contributed by atoms with Crippen LogP contribution >= 0.6 is 0 Å². The molecule has 17 heavy (non-hydrogen) atoms. The van der Waals surface area contributed by atoms with Gasteiger partial charge in [-0.2, -0.15) is 0 Å². The standard InChI is InChI=1S/C13H13NO3/c14-11(13(15)16)8-9-4-1-2-5-10(9)12-6-3-7-17-12/h1-7,11H,8,14H2,(H,15,16). The number of carboxylic acids is 1. The van der Waals surface area contributed by atoms with Crippen LogP contribution in [0.1, 0.15) is 5.56 Å². The Balaban J connectivity index is 2.32. The van der Waals surface area contributed by atoms with E-state index in [1.54, 1.807) is 12.3 Å². The molecule has 0 fully saturated rings. The lowest BCUT2D eigenvalue weighted by atomic mass is 9.99.